The molecule has 0 saturated carbocycles. The summed E-state index contributed by atoms with van der Waals surface area (Å²) in [6, 6.07) is 12.9. The van der Waals surface area contributed by atoms with E-state index in [-0.39, 0.29) is 17.7 Å². The van der Waals surface area contributed by atoms with Crippen LogP contribution in [0, 0.1) is 5.82 Å². The van der Waals surface area contributed by atoms with Crippen LogP contribution in [0.5, 0.6) is 0 Å². The topological polar surface area (TPSA) is 65.7 Å². The Morgan fingerprint density at radius 1 is 1.06 bits per heavy atom. The van der Waals surface area contributed by atoms with Gasteiger partial charge < -0.3 is 9.32 Å². The Kier molecular flexibility index (Phi) is 6.77. The van der Waals surface area contributed by atoms with E-state index in [0.717, 1.165) is 19.2 Å². The summed E-state index contributed by atoms with van der Waals surface area (Å²) >= 11 is -1.56. The van der Waals surface area contributed by atoms with Crippen LogP contribution in [0.2, 0.25) is 0 Å². The van der Waals surface area contributed by atoms with E-state index in [0.29, 0.717) is 18.8 Å². The summed E-state index contributed by atoms with van der Waals surface area (Å²) in [5.74, 6) is -2.62. The van der Waals surface area contributed by atoms with Gasteiger partial charge in [-0.3, -0.25) is 4.31 Å². The zero-order chi connectivity index (χ0) is 23.6. The molecular weight excluding hydrogens is 462 g/mol. The summed E-state index contributed by atoms with van der Waals surface area (Å²) in [5, 5.41) is 6.32. The number of nitrogens with zero attached hydrogens (tertiary/aromatic N) is 5. The molecule has 0 amide bonds. The summed E-state index contributed by atoms with van der Waals surface area (Å²) in [6.45, 7) is 2.73. The van der Waals surface area contributed by atoms with Gasteiger partial charge in [0.25, 0.3) is 0 Å². The van der Waals surface area contributed by atoms with Crippen LogP contribution in [0.3, 0.4) is 0 Å². The molecule has 1 atom stereocenters. The average molecular weight is 483 g/mol. The third-order valence-electron chi connectivity index (χ3n) is 5.20. The highest BCUT2D eigenvalue weighted by Gasteiger charge is 2.38. The first-order valence-corrected chi connectivity index (χ1v) is 11.2. The first-order chi connectivity index (χ1) is 15.7. The van der Waals surface area contributed by atoms with E-state index in [2.05, 4.69) is 19.5 Å². The maximum absolute atomic E-state index is 15.0. The third-order valence-corrected chi connectivity index (χ3v) is 6.72. The second-order valence-electron chi connectivity index (χ2n) is 7.55. The van der Waals surface area contributed by atoms with Gasteiger partial charge >= 0.3 is 12.1 Å². The zero-order valence-corrected chi connectivity index (χ0v) is 18.4. The van der Waals surface area contributed by atoms with Gasteiger partial charge in [-0.15, -0.1) is 10.2 Å². The van der Waals surface area contributed by atoms with Crippen LogP contribution in [0.25, 0.3) is 11.5 Å². The van der Waals surface area contributed by atoms with Crippen molar-refractivity contribution in [1.82, 2.24) is 19.4 Å². The van der Waals surface area contributed by atoms with Gasteiger partial charge in [0.15, 0.2) is 11.2 Å². The summed E-state index contributed by atoms with van der Waals surface area (Å²) in [5.41, 5.74) is 0.899. The highest BCUT2D eigenvalue weighted by molar-refractivity contribution is 7.84. The Morgan fingerprint density at radius 3 is 2.36 bits per heavy atom. The van der Waals surface area contributed by atoms with Crippen LogP contribution in [-0.2, 0) is 23.9 Å². The highest BCUT2D eigenvalue weighted by Crippen LogP contribution is 2.31. The Morgan fingerprint density at radius 2 is 1.76 bits per heavy atom. The molecule has 0 aliphatic carbocycles. The van der Waals surface area contributed by atoms with Crippen LogP contribution in [-0.4, -0.2) is 56.8 Å². The van der Waals surface area contributed by atoms with Gasteiger partial charge in [0.2, 0.25) is 5.89 Å². The van der Waals surface area contributed by atoms with E-state index >= 15 is 0 Å². The standard InChI is InChI=1S/C21H21F4N5O2S/c1-28-9-11-29(12-10-28)33(31)30(17-5-3-2-4-6-17)14-16-8-7-15(13-18(16)22)19-26-27-20(32-19)21(23,24)25/h2-8,13H,9-12,14H2,1H3. The maximum atomic E-state index is 15.0. The lowest BCUT2D eigenvalue weighted by atomic mass is 10.1. The number of aromatic nitrogens is 2. The van der Waals surface area contributed by atoms with Gasteiger partial charge in [-0.1, -0.05) is 24.3 Å². The number of benzene rings is 2. The molecule has 7 nitrogen and oxygen atoms in total. The molecule has 1 aromatic heterocycles. The minimum atomic E-state index is -4.78. The molecule has 3 aromatic rings. The number of piperazine rings is 1. The van der Waals surface area contributed by atoms with E-state index in [9.17, 15) is 21.8 Å². The minimum absolute atomic E-state index is 0.00723. The molecule has 2 heterocycles. The molecule has 12 heteroatoms. The Bertz CT molecular complexity index is 1120. The Hall–Kier alpha value is -2.83. The predicted molar refractivity (Wildman–Crippen MR) is 115 cm³/mol. The molecule has 0 N–H and O–H groups in total. The van der Waals surface area contributed by atoms with Crippen molar-refractivity contribution in [2.75, 3.05) is 37.5 Å². The van der Waals surface area contributed by atoms with Crippen LogP contribution in [0.1, 0.15) is 11.5 Å². The monoisotopic (exact) mass is 483 g/mol. The fourth-order valence-electron chi connectivity index (χ4n) is 3.33. The van der Waals surface area contributed by atoms with Crippen molar-refractivity contribution in [3.63, 3.8) is 0 Å². The number of likely N-dealkylation sites (N-methyl/N-ethyl adjacent to an activating group) is 1. The molecular formula is C21H21F4N5O2S. The molecule has 0 bridgehead atoms. The average Bonchev–Trinajstić information content (AvgIpc) is 3.30. The lowest BCUT2D eigenvalue weighted by Crippen LogP contribution is -2.49. The fourth-order valence-corrected chi connectivity index (χ4v) is 4.64. The van der Waals surface area contributed by atoms with Crippen molar-refractivity contribution in [3.05, 3.63) is 65.8 Å². The Labute approximate surface area is 190 Å². The van der Waals surface area contributed by atoms with Crippen molar-refractivity contribution in [2.45, 2.75) is 12.7 Å². The molecule has 1 aliphatic rings. The second kappa shape index (κ2) is 9.57. The van der Waals surface area contributed by atoms with E-state index < -0.39 is 34.9 Å². The van der Waals surface area contributed by atoms with Crippen LogP contribution in [0.15, 0.2) is 52.9 Å². The van der Waals surface area contributed by atoms with Gasteiger partial charge in [-0.05, 0) is 31.3 Å². The molecule has 0 radical (unpaired) electrons. The van der Waals surface area contributed by atoms with Crippen molar-refractivity contribution >= 4 is 16.9 Å². The van der Waals surface area contributed by atoms with Crippen molar-refractivity contribution in [2.24, 2.45) is 0 Å². The molecule has 176 valence electrons. The van der Waals surface area contributed by atoms with Gasteiger partial charge in [0.05, 0.1) is 12.2 Å². The predicted octanol–water partition coefficient (Wildman–Crippen LogP) is 3.73. The summed E-state index contributed by atoms with van der Waals surface area (Å²) < 4.78 is 74.5. The maximum Gasteiger partial charge on any atom is 0.470 e. The zero-order valence-electron chi connectivity index (χ0n) is 17.6. The van der Waals surface area contributed by atoms with Crippen LogP contribution < -0.4 is 4.31 Å². The quantitative estimate of drug-likeness (QED) is 0.500. The summed E-state index contributed by atoms with van der Waals surface area (Å²) in [7, 11) is 1.99. The molecule has 4 rings (SSSR count). The second-order valence-corrected chi connectivity index (χ2v) is 8.97. The number of rotatable bonds is 6. The first kappa shape index (κ1) is 23.3. The number of hydrogen-bond acceptors (Lipinski definition) is 5. The van der Waals surface area contributed by atoms with Crippen LogP contribution >= 0.6 is 0 Å². The normalized spacial score (nSPS) is 16.6. The fraction of sp³-hybridized carbons (Fsp3) is 0.333. The molecule has 1 aliphatic heterocycles. The molecule has 1 unspecified atom stereocenters. The van der Waals surface area contributed by atoms with Gasteiger partial charge in [0.1, 0.15) is 5.82 Å². The molecule has 1 fully saturated rings. The highest BCUT2D eigenvalue weighted by atomic mass is 32.2. The van der Waals surface area contributed by atoms with E-state index in [4.69, 9.17) is 0 Å². The van der Waals surface area contributed by atoms with Crippen molar-refractivity contribution < 1.29 is 26.2 Å². The van der Waals surface area contributed by atoms with E-state index in [1.54, 1.807) is 28.6 Å². The SMILES string of the molecule is CN1CCN(S(=O)N(Cc2ccc(-c3nnc(C(F)(F)F)o3)cc2F)c2ccccc2)CC1. The summed E-state index contributed by atoms with van der Waals surface area (Å²) in [4.78, 5) is 2.14. The number of hydrogen-bond donors (Lipinski definition) is 0. The minimum Gasteiger partial charge on any atom is -0.413 e. The van der Waals surface area contributed by atoms with Gasteiger partial charge in [0, 0.05) is 37.3 Å². The van der Waals surface area contributed by atoms with E-state index in [1.165, 1.54) is 12.1 Å². The molecule has 33 heavy (non-hydrogen) atoms. The Balaban J connectivity index is 1.58. The number of anilines is 1. The molecule has 0 spiro atoms. The number of para-hydroxylation sites is 1. The smallest absolute Gasteiger partial charge is 0.413 e. The number of alkyl halides is 3. The number of halogens is 4. The summed E-state index contributed by atoms with van der Waals surface area (Å²) in [6.07, 6.45) is -4.78. The van der Waals surface area contributed by atoms with Gasteiger partial charge in [-0.25, -0.2) is 12.9 Å². The molecule has 2 aromatic carbocycles. The third kappa shape index (κ3) is 5.40. The first-order valence-electron chi connectivity index (χ1n) is 10.1. The lowest BCUT2D eigenvalue weighted by molar-refractivity contribution is -0.156. The molecule has 1 saturated heterocycles. The van der Waals surface area contributed by atoms with Crippen molar-refractivity contribution in [3.8, 4) is 11.5 Å². The van der Waals surface area contributed by atoms with E-state index in [1.807, 2.05) is 17.4 Å². The van der Waals surface area contributed by atoms with Crippen LogP contribution in [0.4, 0.5) is 23.2 Å². The largest absolute Gasteiger partial charge is 0.470 e. The van der Waals surface area contributed by atoms with Gasteiger partial charge in [-0.2, -0.15) is 13.2 Å². The van der Waals surface area contributed by atoms with Crippen molar-refractivity contribution in [1.29, 1.82) is 0 Å². The lowest BCUT2D eigenvalue weighted by Gasteiger charge is -2.35.